The van der Waals surface area contributed by atoms with Crippen LogP contribution in [0.15, 0.2) is 0 Å². The lowest BCUT2D eigenvalue weighted by Gasteiger charge is -2.21. The smallest absolute Gasteiger partial charge is 0.355 e. The first-order valence-corrected chi connectivity index (χ1v) is 4.88. The highest BCUT2D eigenvalue weighted by Crippen LogP contribution is 2.30. The molecule has 0 saturated carbocycles. The Labute approximate surface area is 86.8 Å². The number of rotatable bonds is 1. The van der Waals surface area contributed by atoms with Gasteiger partial charge in [-0.15, -0.1) is 0 Å². The molecule has 0 saturated heterocycles. The predicted octanol–water partition coefficient (Wildman–Crippen LogP) is 0.853. The summed E-state index contributed by atoms with van der Waals surface area (Å²) in [5, 5.41) is 18.7. The van der Waals surface area contributed by atoms with Crippen LogP contribution < -0.4 is 0 Å². The highest BCUT2D eigenvalue weighted by molar-refractivity contribution is 5.87. The van der Waals surface area contributed by atoms with Gasteiger partial charge in [0.05, 0.1) is 11.8 Å². The first-order valence-electron chi connectivity index (χ1n) is 4.88. The number of fused-ring (bicyclic) bond motifs is 1. The highest BCUT2D eigenvalue weighted by atomic mass is 16.4. The molecule has 80 valence electrons. The van der Waals surface area contributed by atoms with E-state index in [9.17, 15) is 9.90 Å². The Morgan fingerprint density at radius 3 is 2.87 bits per heavy atom. The van der Waals surface area contributed by atoms with Crippen molar-refractivity contribution in [3.8, 4) is 0 Å². The molecule has 1 aliphatic carbocycles. The minimum atomic E-state index is -1.10. The summed E-state index contributed by atoms with van der Waals surface area (Å²) < 4.78 is 0. The fourth-order valence-electron chi connectivity index (χ4n) is 1.95. The molecular weight excluding hydrogens is 196 g/mol. The summed E-state index contributed by atoms with van der Waals surface area (Å²) in [6, 6.07) is 0. The number of aliphatic hydroxyl groups excluding tert-OH is 1. The third-order valence-corrected chi connectivity index (χ3v) is 2.56. The fraction of sp³-hybridized carbons (Fsp3) is 0.500. The molecule has 0 fully saturated rings. The monoisotopic (exact) mass is 208 g/mol. The van der Waals surface area contributed by atoms with Crippen molar-refractivity contribution in [1.82, 2.24) is 9.97 Å². The van der Waals surface area contributed by atoms with Gasteiger partial charge in [0, 0.05) is 5.56 Å². The number of nitrogens with zero attached hydrogens (tertiary/aromatic N) is 2. The third-order valence-electron chi connectivity index (χ3n) is 2.56. The maximum atomic E-state index is 11.0. The van der Waals surface area contributed by atoms with Crippen LogP contribution in [-0.2, 0) is 6.42 Å². The summed E-state index contributed by atoms with van der Waals surface area (Å²) in [7, 11) is 0. The molecule has 5 heteroatoms. The second kappa shape index (κ2) is 3.58. The van der Waals surface area contributed by atoms with Crippen LogP contribution in [-0.4, -0.2) is 26.2 Å². The molecule has 1 aromatic heterocycles. The molecule has 0 amide bonds. The fourth-order valence-corrected chi connectivity index (χ4v) is 1.95. The van der Waals surface area contributed by atoms with Crippen LogP contribution in [0.5, 0.6) is 0 Å². The first-order chi connectivity index (χ1) is 7.09. The number of aryl methyl sites for hydroxylation is 2. The Kier molecular flexibility index (Phi) is 2.40. The Bertz CT molecular complexity index is 417. The molecule has 1 unspecified atom stereocenters. The Morgan fingerprint density at radius 1 is 1.47 bits per heavy atom. The van der Waals surface area contributed by atoms with Crippen LogP contribution in [0.4, 0.5) is 0 Å². The standard InChI is InChI=1S/C10H12N2O3/c1-5-11-6-3-2-4-7(13)8(6)9(12-5)10(14)15/h7,13H,2-4H2,1H3,(H,14,15). The van der Waals surface area contributed by atoms with E-state index in [1.807, 2.05) is 0 Å². The van der Waals surface area contributed by atoms with Gasteiger partial charge in [-0.05, 0) is 26.2 Å². The van der Waals surface area contributed by atoms with Crippen LogP contribution in [0.3, 0.4) is 0 Å². The van der Waals surface area contributed by atoms with Gasteiger partial charge in [0.1, 0.15) is 5.82 Å². The van der Waals surface area contributed by atoms with E-state index >= 15 is 0 Å². The molecule has 5 nitrogen and oxygen atoms in total. The summed E-state index contributed by atoms with van der Waals surface area (Å²) in [5.41, 5.74) is 1.03. The van der Waals surface area contributed by atoms with Gasteiger partial charge in [-0.25, -0.2) is 14.8 Å². The second-order valence-electron chi connectivity index (χ2n) is 3.69. The maximum Gasteiger partial charge on any atom is 0.355 e. The molecule has 0 spiro atoms. The van der Waals surface area contributed by atoms with Gasteiger partial charge in [0.15, 0.2) is 5.69 Å². The number of hydrogen-bond donors (Lipinski definition) is 2. The van der Waals surface area contributed by atoms with E-state index in [0.29, 0.717) is 23.5 Å². The Hall–Kier alpha value is -1.49. The van der Waals surface area contributed by atoms with Crippen molar-refractivity contribution in [3.05, 3.63) is 22.8 Å². The van der Waals surface area contributed by atoms with Crippen molar-refractivity contribution in [3.63, 3.8) is 0 Å². The van der Waals surface area contributed by atoms with Crippen molar-refractivity contribution < 1.29 is 15.0 Å². The summed E-state index contributed by atoms with van der Waals surface area (Å²) in [6.45, 7) is 1.66. The van der Waals surface area contributed by atoms with Crippen molar-refractivity contribution >= 4 is 5.97 Å². The molecule has 1 aliphatic rings. The van der Waals surface area contributed by atoms with Crippen LogP contribution in [0, 0.1) is 6.92 Å². The number of aromatic carboxylic acids is 1. The van der Waals surface area contributed by atoms with Gasteiger partial charge in [0.25, 0.3) is 0 Å². The molecule has 15 heavy (non-hydrogen) atoms. The lowest BCUT2D eigenvalue weighted by molar-refractivity contribution is 0.0677. The number of hydrogen-bond acceptors (Lipinski definition) is 4. The molecule has 1 atom stereocenters. The number of carboxylic acid groups (broad SMARTS) is 1. The molecule has 2 N–H and O–H groups in total. The Balaban J connectivity index is 2.63. The molecule has 1 aromatic rings. The number of carbonyl (C=O) groups is 1. The van der Waals surface area contributed by atoms with Crippen LogP contribution in [0.2, 0.25) is 0 Å². The van der Waals surface area contributed by atoms with Gasteiger partial charge in [-0.3, -0.25) is 0 Å². The van der Waals surface area contributed by atoms with E-state index in [2.05, 4.69) is 9.97 Å². The van der Waals surface area contributed by atoms with E-state index in [4.69, 9.17) is 5.11 Å². The average molecular weight is 208 g/mol. The van der Waals surface area contributed by atoms with E-state index in [-0.39, 0.29) is 5.69 Å². The van der Waals surface area contributed by atoms with Crippen molar-refractivity contribution in [2.24, 2.45) is 0 Å². The quantitative estimate of drug-likeness (QED) is 0.714. The molecule has 1 heterocycles. The number of carboxylic acids is 1. The normalized spacial score (nSPS) is 19.7. The van der Waals surface area contributed by atoms with Crippen molar-refractivity contribution in [2.45, 2.75) is 32.3 Å². The van der Waals surface area contributed by atoms with Crippen molar-refractivity contribution in [2.75, 3.05) is 0 Å². The van der Waals surface area contributed by atoms with Gasteiger partial charge in [-0.2, -0.15) is 0 Å². The highest BCUT2D eigenvalue weighted by Gasteiger charge is 2.27. The Morgan fingerprint density at radius 2 is 2.20 bits per heavy atom. The summed E-state index contributed by atoms with van der Waals surface area (Å²) in [4.78, 5) is 19.0. The third kappa shape index (κ3) is 1.70. The molecular formula is C10H12N2O3. The molecule has 2 rings (SSSR count). The summed E-state index contributed by atoms with van der Waals surface area (Å²) in [6.07, 6.45) is 1.40. The zero-order valence-electron chi connectivity index (χ0n) is 8.40. The van der Waals surface area contributed by atoms with Crippen molar-refractivity contribution in [1.29, 1.82) is 0 Å². The zero-order chi connectivity index (χ0) is 11.0. The van der Waals surface area contributed by atoms with Gasteiger partial charge < -0.3 is 10.2 Å². The molecule has 0 aromatic carbocycles. The van der Waals surface area contributed by atoms with E-state index in [0.717, 1.165) is 12.8 Å². The zero-order valence-corrected chi connectivity index (χ0v) is 8.40. The lowest BCUT2D eigenvalue weighted by atomic mass is 9.92. The van der Waals surface area contributed by atoms with Crippen LogP contribution in [0.1, 0.15) is 46.5 Å². The second-order valence-corrected chi connectivity index (χ2v) is 3.69. The molecule has 0 bridgehead atoms. The van der Waals surface area contributed by atoms with Gasteiger partial charge in [0.2, 0.25) is 0 Å². The van der Waals surface area contributed by atoms with Crippen LogP contribution in [0.25, 0.3) is 0 Å². The number of aliphatic hydroxyl groups is 1. The minimum absolute atomic E-state index is 0.0512. The SMILES string of the molecule is Cc1nc2c(c(C(=O)O)n1)C(O)CCC2. The van der Waals surface area contributed by atoms with Gasteiger partial charge in [-0.1, -0.05) is 0 Å². The van der Waals surface area contributed by atoms with E-state index in [1.54, 1.807) is 6.92 Å². The molecule has 0 radical (unpaired) electrons. The summed E-state index contributed by atoms with van der Waals surface area (Å²) in [5.74, 6) is -0.655. The van der Waals surface area contributed by atoms with E-state index < -0.39 is 12.1 Å². The summed E-state index contributed by atoms with van der Waals surface area (Å²) >= 11 is 0. The number of aromatic nitrogens is 2. The molecule has 0 aliphatic heterocycles. The maximum absolute atomic E-state index is 11.0. The van der Waals surface area contributed by atoms with Gasteiger partial charge >= 0.3 is 5.97 Å². The van der Waals surface area contributed by atoms with Crippen LogP contribution >= 0.6 is 0 Å². The lowest BCUT2D eigenvalue weighted by Crippen LogP contribution is -2.19. The average Bonchev–Trinajstić information content (AvgIpc) is 2.16. The first kappa shape index (κ1) is 10.0. The largest absolute Gasteiger partial charge is 0.476 e. The minimum Gasteiger partial charge on any atom is -0.476 e. The van der Waals surface area contributed by atoms with E-state index in [1.165, 1.54) is 0 Å². The predicted molar refractivity (Wildman–Crippen MR) is 51.6 cm³/mol. The topological polar surface area (TPSA) is 83.3 Å².